The van der Waals surface area contributed by atoms with Gasteiger partial charge in [-0.05, 0) is 49.4 Å². The average Bonchev–Trinajstić information content (AvgIpc) is 3.41. The van der Waals surface area contributed by atoms with Gasteiger partial charge in [-0.1, -0.05) is 42.5 Å². The van der Waals surface area contributed by atoms with Gasteiger partial charge in [0.15, 0.2) is 0 Å². The highest BCUT2D eigenvalue weighted by Crippen LogP contribution is 2.48. The van der Waals surface area contributed by atoms with Crippen molar-refractivity contribution in [1.82, 2.24) is 4.90 Å². The van der Waals surface area contributed by atoms with Crippen LogP contribution in [0.3, 0.4) is 0 Å². The van der Waals surface area contributed by atoms with E-state index in [2.05, 4.69) is 5.32 Å². The monoisotopic (exact) mass is 336 g/mol. The highest BCUT2D eigenvalue weighted by atomic mass is 16.2. The maximum absolute atomic E-state index is 12.9. The van der Waals surface area contributed by atoms with Gasteiger partial charge < -0.3 is 10.2 Å². The summed E-state index contributed by atoms with van der Waals surface area (Å²) in [5, 5.41) is 2.97. The Labute approximate surface area is 148 Å². The quantitative estimate of drug-likeness (QED) is 0.847. The molecule has 2 aromatic rings. The molecule has 0 aliphatic heterocycles. The zero-order valence-corrected chi connectivity index (χ0v) is 15.0. The molecule has 4 heteroatoms. The summed E-state index contributed by atoms with van der Waals surface area (Å²) in [6.45, 7) is 4.50. The van der Waals surface area contributed by atoms with E-state index < -0.39 is 5.41 Å². The lowest BCUT2D eigenvalue weighted by molar-refractivity contribution is -0.141. The number of nitrogens with one attached hydrogen (secondary N) is 1. The summed E-state index contributed by atoms with van der Waals surface area (Å²) in [5.74, 6) is -0.287. The molecule has 0 atom stereocenters. The number of anilines is 1. The maximum Gasteiger partial charge on any atom is 0.240 e. The van der Waals surface area contributed by atoms with E-state index in [1.807, 2.05) is 62.4 Å². The second-order valence-electron chi connectivity index (χ2n) is 6.93. The van der Waals surface area contributed by atoms with Crippen molar-refractivity contribution in [3.05, 3.63) is 65.2 Å². The number of carbonyl (C=O) groups excluding carboxylic acids is 2. The lowest BCUT2D eigenvalue weighted by Gasteiger charge is -2.23. The summed E-state index contributed by atoms with van der Waals surface area (Å²) in [7, 11) is 1.76. The fourth-order valence-electron chi connectivity index (χ4n) is 3.09. The third-order valence-electron chi connectivity index (χ3n) is 5.06. The Morgan fingerprint density at radius 1 is 1.04 bits per heavy atom. The first kappa shape index (κ1) is 17.2. The summed E-state index contributed by atoms with van der Waals surface area (Å²) in [5.41, 5.74) is 3.10. The van der Waals surface area contributed by atoms with Crippen molar-refractivity contribution in [3.8, 4) is 0 Å². The largest absolute Gasteiger partial charge is 0.340 e. The van der Waals surface area contributed by atoms with Gasteiger partial charge in [-0.2, -0.15) is 0 Å². The Balaban J connectivity index is 1.71. The van der Waals surface area contributed by atoms with E-state index in [0.717, 1.165) is 22.4 Å². The van der Waals surface area contributed by atoms with E-state index in [4.69, 9.17) is 0 Å². The number of rotatable bonds is 5. The van der Waals surface area contributed by atoms with Crippen molar-refractivity contribution >= 4 is 17.5 Å². The van der Waals surface area contributed by atoms with Crippen LogP contribution in [0.4, 0.5) is 5.69 Å². The number of aryl methyl sites for hydroxylation is 1. The van der Waals surface area contributed by atoms with Gasteiger partial charge in [-0.25, -0.2) is 0 Å². The number of nitrogens with zero attached hydrogens (tertiary/aromatic N) is 1. The van der Waals surface area contributed by atoms with Crippen LogP contribution in [-0.2, 0) is 16.1 Å². The Morgan fingerprint density at radius 3 is 2.36 bits per heavy atom. The maximum atomic E-state index is 12.9. The topological polar surface area (TPSA) is 49.4 Å². The first-order valence-corrected chi connectivity index (χ1v) is 8.61. The van der Waals surface area contributed by atoms with E-state index in [-0.39, 0.29) is 11.8 Å². The minimum atomic E-state index is -0.903. The fraction of sp³-hybridized carbons (Fsp3) is 0.333. The van der Waals surface area contributed by atoms with Crippen molar-refractivity contribution < 1.29 is 9.59 Å². The van der Waals surface area contributed by atoms with Crippen LogP contribution in [0.1, 0.15) is 29.5 Å². The van der Waals surface area contributed by atoms with E-state index in [0.29, 0.717) is 19.4 Å². The highest BCUT2D eigenvalue weighted by Gasteiger charge is 2.57. The summed E-state index contributed by atoms with van der Waals surface area (Å²) >= 11 is 0. The van der Waals surface area contributed by atoms with Gasteiger partial charge in [0.25, 0.3) is 0 Å². The van der Waals surface area contributed by atoms with Crippen molar-refractivity contribution in [1.29, 1.82) is 0 Å². The van der Waals surface area contributed by atoms with Gasteiger partial charge in [0.05, 0.1) is 0 Å². The molecule has 25 heavy (non-hydrogen) atoms. The smallest absolute Gasteiger partial charge is 0.240 e. The molecular formula is C21H24N2O2. The molecule has 0 spiro atoms. The molecular weight excluding hydrogens is 312 g/mol. The predicted octanol–water partition coefficient (Wildman–Crippen LogP) is 3.68. The van der Waals surface area contributed by atoms with Crippen LogP contribution in [0.2, 0.25) is 0 Å². The van der Waals surface area contributed by atoms with Gasteiger partial charge >= 0.3 is 0 Å². The summed E-state index contributed by atoms with van der Waals surface area (Å²) in [6, 6.07) is 15.6. The molecule has 2 amide bonds. The summed E-state index contributed by atoms with van der Waals surface area (Å²) < 4.78 is 0. The van der Waals surface area contributed by atoms with Crippen LogP contribution in [0.15, 0.2) is 48.5 Å². The van der Waals surface area contributed by atoms with E-state index >= 15 is 0 Å². The Kier molecular flexibility index (Phi) is 4.62. The molecule has 3 rings (SSSR count). The number of carbonyl (C=O) groups is 2. The third-order valence-corrected chi connectivity index (χ3v) is 5.06. The van der Waals surface area contributed by atoms with E-state index in [1.54, 1.807) is 11.9 Å². The van der Waals surface area contributed by atoms with E-state index in [9.17, 15) is 9.59 Å². The minimum absolute atomic E-state index is 0.0980. The van der Waals surface area contributed by atoms with Gasteiger partial charge in [0.1, 0.15) is 5.41 Å². The molecule has 0 radical (unpaired) electrons. The van der Waals surface area contributed by atoms with Crippen molar-refractivity contribution in [2.24, 2.45) is 5.41 Å². The van der Waals surface area contributed by atoms with Crippen LogP contribution in [0.25, 0.3) is 0 Å². The number of hydrogen-bond donors (Lipinski definition) is 1. The SMILES string of the molecule is Cc1cccc(NC(=O)C2(C(=O)N(C)Cc3ccccc3)CC2)c1C. The average molecular weight is 336 g/mol. The highest BCUT2D eigenvalue weighted by molar-refractivity contribution is 6.13. The molecule has 4 nitrogen and oxygen atoms in total. The molecule has 0 saturated heterocycles. The molecule has 130 valence electrons. The predicted molar refractivity (Wildman–Crippen MR) is 99.1 cm³/mol. The van der Waals surface area contributed by atoms with Crippen LogP contribution in [0.5, 0.6) is 0 Å². The molecule has 1 saturated carbocycles. The second-order valence-corrected chi connectivity index (χ2v) is 6.93. The van der Waals surface area contributed by atoms with Crippen LogP contribution < -0.4 is 5.32 Å². The lowest BCUT2D eigenvalue weighted by Crippen LogP contribution is -2.40. The third kappa shape index (κ3) is 3.43. The molecule has 0 heterocycles. The van der Waals surface area contributed by atoms with E-state index in [1.165, 1.54) is 0 Å². The lowest BCUT2D eigenvalue weighted by atomic mass is 10.0. The molecule has 0 aromatic heterocycles. The zero-order chi connectivity index (χ0) is 18.0. The van der Waals surface area contributed by atoms with Gasteiger partial charge in [0.2, 0.25) is 11.8 Å². The minimum Gasteiger partial charge on any atom is -0.340 e. The van der Waals surface area contributed by atoms with Crippen LogP contribution in [0, 0.1) is 19.3 Å². The van der Waals surface area contributed by atoms with Gasteiger partial charge in [-0.3, -0.25) is 9.59 Å². The number of hydrogen-bond acceptors (Lipinski definition) is 2. The molecule has 1 aliphatic rings. The molecule has 0 unspecified atom stereocenters. The summed E-state index contributed by atoms with van der Waals surface area (Å²) in [6.07, 6.45) is 1.23. The standard InChI is InChI=1S/C21H24N2O2/c1-15-8-7-11-18(16(15)2)22-19(24)21(12-13-21)20(25)23(3)14-17-9-5-4-6-10-17/h4-11H,12-14H2,1-3H3,(H,22,24). The van der Waals surface area contributed by atoms with Crippen molar-refractivity contribution in [2.75, 3.05) is 12.4 Å². The fourth-order valence-corrected chi connectivity index (χ4v) is 3.09. The Morgan fingerprint density at radius 2 is 1.72 bits per heavy atom. The molecule has 0 bridgehead atoms. The molecule has 1 N–H and O–H groups in total. The van der Waals surface area contributed by atoms with Crippen LogP contribution >= 0.6 is 0 Å². The van der Waals surface area contributed by atoms with Crippen molar-refractivity contribution in [2.45, 2.75) is 33.2 Å². The molecule has 1 aliphatic carbocycles. The van der Waals surface area contributed by atoms with Gasteiger partial charge in [-0.15, -0.1) is 0 Å². The van der Waals surface area contributed by atoms with Crippen LogP contribution in [-0.4, -0.2) is 23.8 Å². The molecule has 1 fully saturated rings. The zero-order valence-electron chi connectivity index (χ0n) is 15.0. The number of amides is 2. The van der Waals surface area contributed by atoms with Crippen molar-refractivity contribution in [3.63, 3.8) is 0 Å². The first-order chi connectivity index (χ1) is 11.9. The normalized spacial score (nSPS) is 14.7. The number of benzene rings is 2. The second kappa shape index (κ2) is 6.71. The first-order valence-electron chi connectivity index (χ1n) is 8.61. The Hall–Kier alpha value is -2.62. The van der Waals surface area contributed by atoms with Gasteiger partial charge in [0, 0.05) is 19.3 Å². The Bertz CT molecular complexity index is 795. The summed E-state index contributed by atoms with van der Waals surface area (Å²) in [4.78, 5) is 27.3. The molecule has 2 aromatic carbocycles.